The lowest BCUT2D eigenvalue weighted by molar-refractivity contribution is -0.128. The zero-order valence-corrected chi connectivity index (χ0v) is 19.9. The molecule has 182 valence electrons. The van der Waals surface area contributed by atoms with E-state index in [1.165, 1.54) is 5.56 Å². The highest BCUT2D eigenvalue weighted by Gasteiger charge is 2.34. The van der Waals surface area contributed by atoms with E-state index >= 15 is 0 Å². The molecule has 0 bridgehead atoms. The number of methoxy groups -OCH3 is 1. The number of hydrogen-bond acceptors (Lipinski definition) is 6. The smallest absolute Gasteiger partial charge is 0.258 e. The Balaban J connectivity index is 1.21. The van der Waals surface area contributed by atoms with Crippen LogP contribution in [0.4, 0.5) is 5.69 Å². The summed E-state index contributed by atoms with van der Waals surface area (Å²) in [4.78, 5) is 31.6. The third-order valence-corrected chi connectivity index (χ3v) is 6.25. The van der Waals surface area contributed by atoms with E-state index in [0.717, 1.165) is 17.7 Å². The second-order valence-electron chi connectivity index (χ2n) is 8.70. The Kier molecular flexibility index (Phi) is 6.75. The lowest BCUT2D eigenvalue weighted by Crippen LogP contribution is -2.30. The Morgan fingerprint density at radius 2 is 1.86 bits per heavy atom. The minimum absolute atomic E-state index is 0.0109. The van der Waals surface area contributed by atoms with E-state index in [9.17, 15) is 9.59 Å². The molecule has 5 rings (SSSR count). The summed E-state index contributed by atoms with van der Waals surface area (Å²) in [6.07, 6.45) is 0.987. The summed E-state index contributed by atoms with van der Waals surface area (Å²) in [5, 5.41) is 7.01. The van der Waals surface area contributed by atoms with Crippen LogP contribution in [0.15, 0.2) is 83.4 Å². The molecular weight excluding hydrogens is 456 g/mol. The number of amides is 2. The van der Waals surface area contributed by atoms with E-state index in [0.29, 0.717) is 36.1 Å². The zero-order valence-electron chi connectivity index (χ0n) is 19.9. The molecule has 1 saturated heterocycles. The fraction of sp³-hybridized carbons (Fsp3) is 0.214. The Labute approximate surface area is 208 Å². The summed E-state index contributed by atoms with van der Waals surface area (Å²) in [6, 6.07) is 24.6. The maximum atomic E-state index is 12.9. The SMILES string of the molecule is COc1ccc(-c2noc(-c3cccc(NC(=O)[C@@H]4CC(=O)N(CCc5ccccc5)C4)c3)n2)cc1. The van der Waals surface area contributed by atoms with Crippen LogP contribution < -0.4 is 10.1 Å². The second kappa shape index (κ2) is 10.4. The lowest BCUT2D eigenvalue weighted by Gasteiger charge is -2.16. The zero-order chi connectivity index (χ0) is 24.9. The Morgan fingerprint density at radius 3 is 2.64 bits per heavy atom. The van der Waals surface area contributed by atoms with Crippen LogP contribution in [0.1, 0.15) is 12.0 Å². The molecule has 4 aromatic rings. The van der Waals surface area contributed by atoms with Gasteiger partial charge in [-0.25, -0.2) is 0 Å². The van der Waals surface area contributed by atoms with Gasteiger partial charge in [0.25, 0.3) is 5.89 Å². The molecule has 1 aliphatic rings. The second-order valence-corrected chi connectivity index (χ2v) is 8.70. The molecule has 8 nitrogen and oxygen atoms in total. The first-order valence-electron chi connectivity index (χ1n) is 11.8. The number of benzene rings is 3. The van der Waals surface area contributed by atoms with Gasteiger partial charge in [0.2, 0.25) is 17.6 Å². The number of rotatable bonds is 8. The molecule has 1 aromatic heterocycles. The fourth-order valence-corrected chi connectivity index (χ4v) is 4.24. The van der Waals surface area contributed by atoms with Crippen LogP contribution >= 0.6 is 0 Å². The molecule has 0 saturated carbocycles. The Bertz CT molecular complexity index is 1350. The van der Waals surface area contributed by atoms with E-state index < -0.39 is 0 Å². The van der Waals surface area contributed by atoms with Crippen molar-refractivity contribution in [2.24, 2.45) is 5.92 Å². The molecule has 0 spiro atoms. The molecule has 8 heteroatoms. The third-order valence-electron chi connectivity index (χ3n) is 6.25. The number of nitrogens with zero attached hydrogens (tertiary/aromatic N) is 3. The molecule has 1 aliphatic heterocycles. The summed E-state index contributed by atoms with van der Waals surface area (Å²) in [5.41, 5.74) is 3.27. The number of hydrogen-bond donors (Lipinski definition) is 1. The minimum atomic E-state index is -0.387. The number of likely N-dealkylation sites (tertiary alicyclic amines) is 1. The van der Waals surface area contributed by atoms with E-state index in [4.69, 9.17) is 9.26 Å². The van der Waals surface area contributed by atoms with Crippen LogP contribution in [0.5, 0.6) is 5.75 Å². The summed E-state index contributed by atoms with van der Waals surface area (Å²) in [7, 11) is 1.61. The molecule has 0 aliphatic carbocycles. The van der Waals surface area contributed by atoms with Crippen LogP contribution in [-0.4, -0.2) is 47.1 Å². The third kappa shape index (κ3) is 5.27. The van der Waals surface area contributed by atoms with Crippen molar-refractivity contribution in [2.75, 3.05) is 25.5 Å². The summed E-state index contributed by atoms with van der Waals surface area (Å²) in [5.74, 6) is 1.00. The van der Waals surface area contributed by atoms with Gasteiger partial charge in [-0.15, -0.1) is 0 Å². The molecule has 1 fully saturated rings. The molecule has 0 unspecified atom stereocenters. The van der Waals surface area contributed by atoms with Crippen molar-refractivity contribution in [3.63, 3.8) is 0 Å². The largest absolute Gasteiger partial charge is 0.497 e. The van der Waals surface area contributed by atoms with Crippen LogP contribution in [0.2, 0.25) is 0 Å². The van der Waals surface area contributed by atoms with E-state index in [1.807, 2.05) is 66.7 Å². The highest BCUT2D eigenvalue weighted by molar-refractivity contribution is 5.97. The van der Waals surface area contributed by atoms with Crippen LogP contribution in [-0.2, 0) is 16.0 Å². The van der Waals surface area contributed by atoms with E-state index in [2.05, 4.69) is 15.5 Å². The van der Waals surface area contributed by atoms with Gasteiger partial charge in [-0.2, -0.15) is 4.98 Å². The number of anilines is 1. The van der Waals surface area contributed by atoms with Crippen LogP contribution in [0.25, 0.3) is 22.8 Å². The number of carbonyl (C=O) groups is 2. The Hall–Kier alpha value is -4.46. The standard InChI is InChI=1S/C28H26N4O4/c1-35-24-12-10-20(11-13-24)26-30-28(36-31-26)21-8-5-9-23(16-21)29-27(34)22-17-25(33)32(18-22)15-14-19-6-3-2-4-7-19/h2-13,16,22H,14-15,17-18H2,1H3,(H,29,34)/t22-/m1/s1. The van der Waals surface area contributed by atoms with E-state index in [-0.39, 0.29) is 24.2 Å². The molecule has 36 heavy (non-hydrogen) atoms. The number of carbonyl (C=O) groups excluding carboxylic acids is 2. The molecule has 1 N–H and O–H groups in total. The van der Waals surface area contributed by atoms with Crippen LogP contribution in [0, 0.1) is 5.92 Å². The predicted molar refractivity (Wildman–Crippen MR) is 135 cm³/mol. The van der Waals surface area contributed by atoms with Crippen molar-refractivity contribution in [3.05, 3.63) is 84.4 Å². The molecule has 3 aromatic carbocycles. The van der Waals surface area contributed by atoms with Gasteiger partial charge >= 0.3 is 0 Å². The first-order chi connectivity index (χ1) is 17.6. The normalized spacial score (nSPS) is 15.2. The average molecular weight is 483 g/mol. The number of aromatic nitrogens is 2. The van der Waals surface area contributed by atoms with Crippen molar-refractivity contribution in [3.8, 4) is 28.6 Å². The first-order valence-corrected chi connectivity index (χ1v) is 11.8. The van der Waals surface area contributed by atoms with Gasteiger partial charge in [-0.3, -0.25) is 9.59 Å². The van der Waals surface area contributed by atoms with Gasteiger partial charge in [0, 0.05) is 36.3 Å². The van der Waals surface area contributed by atoms with Crippen molar-refractivity contribution >= 4 is 17.5 Å². The molecule has 2 amide bonds. The first kappa shape index (κ1) is 23.3. The summed E-state index contributed by atoms with van der Waals surface area (Å²) in [6.45, 7) is 1.03. The van der Waals surface area contributed by atoms with Gasteiger partial charge < -0.3 is 19.5 Å². The van der Waals surface area contributed by atoms with Crippen molar-refractivity contribution in [1.29, 1.82) is 0 Å². The Morgan fingerprint density at radius 1 is 1.06 bits per heavy atom. The molecule has 1 atom stereocenters. The summed E-state index contributed by atoms with van der Waals surface area (Å²) < 4.78 is 10.6. The van der Waals surface area contributed by atoms with Gasteiger partial charge in [-0.1, -0.05) is 41.6 Å². The predicted octanol–water partition coefficient (Wildman–Crippen LogP) is 4.44. The quantitative estimate of drug-likeness (QED) is 0.399. The van der Waals surface area contributed by atoms with Crippen molar-refractivity contribution in [1.82, 2.24) is 15.0 Å². The van der Waals surface area contributed by atoms with Crippen molar-refractivity contribution < 1.29 is 18.8 Å². The topological polar surface area (TPSA) is 97.6 Å². The van der Waals surface area contributed by atoms with Gasteiger partial charge in [0.1, 0.15) is 5.75 Å². The highest BCUT2D eigenvalue weighted by atomic mass is 16.5. The number of ether oxygens (including phenoxy) is 1. The van der Waals surface area contributed by atoms with Gasteiger partial charge in [-0.05, 0) is 54.4 Å². The number of nitrogens with one attached hydrogen (secondary N) is 1. The maximum Gasteiger partial charge on any atom is 0.258 e. The van der Waals surface area contributed by atoms with Gasteiger partial charge in [0.05, 0.1) is 13.0 Å². The lowest BCUT2D eigenvalue weighted by atomic mass is 10.1. The van der Waals surface area contributed by atoms with Gasteiger partial charge in [0.15, 0.2) is 0 Å². The fourth-order valence-electron chi connectivity index (χ4n) is 4.24. The molecule has 2 heterocycles. The molecule has 0 radical (unpaired) electrons. The molecular formula is C28H26N4O4. The monoisotopic (exact) mass is 482 g/mol. The minimum Gasteiger partial charge on any atom is -0.497 e. The summed E-state index contributed by atoms with van der Waals surface area (Å²) >= 11 is 0. The van der Waals surface area contributed by atoms with E-state index in [1.54, 1.807) is 24.1 Å². The highest BCUT2D eigenvalue weighted by Crippen LogP contribution is 2.26. The average Bonchev–Trinajstić information content (AvgIpc) is 3.56. The van der Waals surface area contributed by atoms with Crippen LogP contribution in [0.3, 0.4) is 0 Å². The van der Waals surface area contributed by atoms with Crippen molar-refractivity contribution in [2.45, 2.75) is 12.8 Å². The maximum absolute atomic E-state index is 12.9.